The lowest BCUT2D eigenvalue weighted by atomic mass is 10.2. The SMILES string of the molecule is COc1ccc(-c2nnc(SCC(=O)NCc3nc4ccccc4n3C)o2)cc1. The third-order valence-electron chi connectivity index (χ3n) is 4.39. The number of carbonyl (C=O) groups is 1. The zero-order valence-corrected chi connectivity index (χ0v) is 16.8. The van der Waals surface area contributed by atoms with E-state index in [1.807, 2.05) is 60.1 Å². The average Bonchev–Trinajstić information content (AvgIpc) is 3.36. The Morgan fingerprint density at radius 2 is 1.97 bits per heavy atom. The predicted octanol–water partition coefficient (Wildman–Crippen LogP) is 3.04. The van der Waals surface area contributed by atoms with Gasteiger partial charge in [-0.2, -0.15) is 0 Å². The number of rotatable bonds is 7. The number of carbonyl (C=O) groups excluding carboxylic acids is 1. The van der Waals surface area contributed by atoms with Crippen molar-refractivity contribution in [1.29, 1.82) is 0 Å². The highest BCUT2D eigenvalue weighted by Crippen LogP contribution is 2.24. The first-order valence-electron chi connectivity index (χ1n) is 8.92. The molecule has 0 spiro atoms. The normalized spacial score (nSPS) is 11.0. The highest BCUT2D eigenvalue weighted by molar-refractivity contribution is 7.99. The molecule has 0 aliphatic rings. The second-order valence-electron chi connectivity index (χ2n) is 6.24. The molecule has 8 nitrogen and oxygen atoms in total. The van der Waals surface area contributed by atoms with Gasteiger partial charge in [0.05, 0.1) is 30.4 Å². The first-order valence-corrected chi connectivity index (χ1v) is 9.90. The number of imidazole rings is 1. The van der Waals surface area contributed by atoms with Crippen molar-refractivity contribution in [2.24, 2.45) is 7.05 Å². The predicted molar refractivity (Wildman–Crippen MR) is 110 cm³/mol. The Morgan fingerprint density at radius 1 is 1.17 bits per heavy atom. The molecule has 2 heterocycles. The summed E-state index contributed by atoms with van der Waals surface area (Å²) < 4.78 is 12.7. The molecular weight excluding hydrogens is 390 g/mol. The van der Waals surface area contributed by atoms with E-state index in [4.69, 9.17) is 9.15 Å². The van der Waals surface area contributed by atoms with Crippen LogP contribution in [-0.2, 0) is 18.4 Å². The summed E-state index contributed by atoms with van der Waals surface area (Å²) in [4.78, 5) is 16.7. The molecule has 0 bridgehead atoms. The molecule has 1 N–H and O–H groups in total. The van der Waals surface area contributed by atoms with Gasteiger partial charge in [0.25, 0.3) is 5.22 Å². The molecule has 2 aromatic carbocycles. The number of hydrogen-bond acceptors (Lipinski definition) is 7. The van der Waals surface area contributed by atoms with Crippen LogP contribution in [0.4, 0.5) is 0 Å². The number of nitrogens with zero attached hydrogens (tertiary/aromatic N) is 4. The largest absolute Gasteiger partial charge is 0.497 e. The van der Waals surface area contributed by atoms with E-state index in [-0.39, 0.29) is 11.7 Å². The number of benzene rings is 2. The van der Waals surface area contributed by atoms with Gasteiger partial charge in [0.15, 0.2) is 0 Å². The van der Waals surface area contributed by atoms with Gasteiger partial charge >= 0.3 is 0 Å². The molecule has 0 saturated carbocycles. The Morgan fingerprint density at radius 3 is 2.72 bits per heavy atom. The van der Waals surface area contributed by atoms with Gasteiger partial charge < -0.3 is 19.0 Å². The number of amides is 1. The van der Waals surface area contributed by atoms with Crippen LogP contribution >= 0.6 is 11.8 Å². The molecule has 0 unspecified atom stereocenters. The van der Waals surface area contributed by atoms with Crippen molar-refractivity contribution >= 4 is 28.7 Å². The van der Waals surface area contributed by atoms with Gasteiger partial charge in [-0.25, -0.2) is 4.98 Å². The molecule has 0 atom stereocenters. The summed E-state index contributed by atoms with van der Waals surface area (Å²) in [6.07, 6.45) is 0. The quantitative estimate of drug-likeness (QED) is 0.469. The minimum atomic E-state index is -0.133. The number of fused-ring (bicyclic) bond motifs is 1. The summed E-state index contributed by atoms with van der Waals surface area (Å²) in [6, 6.07) is 15.2. The van der Waals surface area contributed by atoms with Crippen LogP contribution in [0.5, 0.6) is 5.75 Å². The highest BCUT2D eigenvalue weighted by Gasteiger charge is 2.13. The number of thioether (sulfide) groups is 1. The van der Waals surface area contributed by atoms with E-state index in [9.17, 15) is 4.79 Å². The monoisotopic (exact) mass is 409 g/mol. The molecule has 29 heavy (non-hydrogen) atoms. The van der Waals surface area contributed by atoms with Crippen LogP contribution in [0.25, 0.3) is 22.5 Å². The summed E-state index contributed by atoms with van der Waals surface area (Å²) in [7, 11) is 3.54. The van der Waals surface area contributed by atoms with Crippen LogP contribution in [0.15, 0.2) is 58.2 Å². The number of nitrogens with one attached hydrogen (secondary N) is 1. The van der Waals surface area contributed by atoms with Crippen molar-refractivity contribution < 1.29 is 13.9 Å². The molecule has 4 aromatic rings. The molecule has 0 aliphatic heterocycles. The number of methoxy groups -OCH3 is 1. The maximum absolute atomic E-state index is 12.2. The third kappa shape index (κ3) is 4.24. The molecule has 0 saturated heterocycles. The lowest BCUT2D eigenvalue weighted by Gasteiger charge is -2.04. The van der Waals surface area contributed by atoms with Gasteiger partial charge in [0.2, 0.25) is 11.8 Å². The number of para-hydroxylation sites is 2. The van der Waals surface area contributed by atoms with E-state index in [1.165, 1.54) is 11.8 Å². The fraction of sp³-hybridized carbons (Fsp3) is 0.200. The van der Waals surface area contributed by atoms with Crippen LogP contribution in [0.2, 0.25) is 0 Å². The molecular formula is C20H19N5O3S. The topological polar surface area (TPSA) is 95.1 Å². The molecule has 0 aliphatic carbocycles. The third-order valence-corrected chi connectivity index (χ3v) is 5.21. The molecule has 0 fully saturated rings. The summed E-state index contributed by atoms with van der Waals surface area (Å²) in [5.41, 5.74) is 2.73. The molecule has 9 heteroatoms. The Bertz CT molecular complexity index is 1140. The van der Waals surface area contributed by atoms with Gasteiger partial charge in [0, 0.05) is 12.6 Å². The van der Waals surface area contributed by atoms with Crippen LogP contribution in [0, 0.1) is 0 Å². The molecule has 1 amide bonds. The lowest BCUT2D eigenvalue weighted by molar-refractivity contribution is -0.118. The first kappa shape index (κ1) is 19.0. The summed E-state index contributed by atoms with van der Waals surface area (Å²) in [5.74, 6) is 1.99. The van der Waals surface area contributed by atoms with Crippen LogP contribution < -0.4 is 10.1 Å². The van der Waals surface area contributed by atoms with Crippen molar-refractivity contribution in [2.45, 2.75) is 11.8 Å². The van der Waals surface area contributed by atoms with E-state index >= 15 is 0 Å². The van der Waals surface area contributed by atoms with Crippen molar-refractivity contribution in [1.82, 2.24) is 25.1 Å². The van der Waals surface area contributed by atoms with Crippen molar-refractivity contribution in [3.63, 3.8) is 0 Å². The summed E-state index contributed by atoms with van der Waals surface area (Å²) in [5, 5.41) is 11.2. The standard InChI is InChI=1S/C20H19N5O3S/c1-25-16-6-4-3-5-15(16)22-17(25)11-21-18(26)12-29-20-24-23-19(28-20)13-7-9-14(27-2)10-8-13/h3-10H,11-12H2,1-2H3,(H,21,26). The van der Waals surface area contributed by atoms with E-state index in [0.717, 1.165) is 28.2 Å². The Balaban J connectivity index is 1.31. The van der Waals surface area contributed by atoms with Crippen molar-refractivity contribution in [3.05, 3.63) is 54.4 Å². The minimum Gasteiger partial charge on any atom is -0.497 e. The van der Waals surface area contributed by atoms with Gasteiger partial charge in [-0.1, -0.05) is 23.9 Å². The van der Waals surface area contributed by atoms with Crippen LogP contribution in [0.1, 0.15) is 5.82 Å². The fourth-order valence-electron chi connectivity index (χ4n) is 2.83. The van der Waals surface area contributed by atoms with Gasteiger partial charge in [-0.15, -0.1) is 10.2 Å². The number of aryl methyl sites for hydroxylation is 1. The Kier molecular flexibility index (Phi) is 5.48. The van der Waals surface area contributed by atoms with Crippen LogP contribution in [0.3, 0.4) is 0 Å². The van der Waals surface area contributed by atoms with Crippen molar-refractivity contribution in [2.75, 3.05) is 12.9 Å². The Labute approximate surface area is 171 Å². The molecule has 2 aromatic heterocycles. The summed E-state index contributed by atoms with van der Waals surface area (Å²) >= 11 is 1.19. The van der Waals surface area contributed by atoms with E-state index in [2.05, 4.69) is 20.5 Å². The van der Waals surface area contributed by atoms with Gasteiger partial charge in [0.1, 0.15) is 11.6 Å². The number of hydrogen-bond donors (Lipinski definition) is 1. The lowest BCUT2D eigenvalue weighted by Crippen LogP contribution is -2.26. The second kappa shape index (κ2) is 8.36. The van der Waals surface area contributed by atoms with E-state index in [0.29, 0.717) is 17.7 Å². The van der Waals surface area contributed by atoms with E-state index < -0.39 is 0 Å². The first-order chi connectivity index (χ1) is 14.1. The molecule has 4 rings (SSSR count). The smallest absolute Gasteiger partial charge is 0.277 e. The highest BCUT2D eigenvalue weighted by atomic mass is 32.2. The zero-order chi connectivity index (χ0) is 20.2. The molecule has 0 radical (unpaired) electrons. The Hall–Kier alpha value is -3.33. The van der Waals surface area contributed by atoms with Crippen molar-refractivity contribution in [3.8, 4) is 17.2 Å². The summed E-state index contributed by atoms with van der Waals surface area (Å²) in [6.45, 7) is 0.353. The van der Waals surface area contributed by atoms with Crippen LogP contribution in [-0.4, -0.2) is 38.5 Å². The second-order valence-corrected chi connectivity index (χ2v) is 7.17. The minimum absolute atomic E-state index is 0.133. The molecule has 148 valence electrons. The van der Waals surface area contributed by atoms with E-state index in [1.54, 1.807) is 7.11 Å². The number of ether oxygens (including phenoxy) is 1. The maximum Gasteiger partial charge on any atom is 0.277 e. The average molecular weight is 409 g/mol. The van der Waals surface area contributed by atoms with Gasteiger partial charge in [-0.05, 0) is 36.4 Å². The van der Waals surface area contributed by atoms with Gasteiger partial charge in [-0.3, -0.25) is 4.79 Å². The maximum atomic E-state index is 12.2. The fourth-order valence-corrected chi connectivity index (χ4v) is 3.42. The zero-order valence-electron chi connectivity index (χ0n) is 16.0. The number of aromatic nitrogens is 4.